The van der Waals surface area contributed by atoms with Gasteiger partial charge in [0.25, 0.3) is 5.91 Å². The van der Waals surface area contributed by atoms with Gasteiger partial charge >= 0.3 is 0 Å². The molecule has 2 N–H and O–H groups in total. The van der Waals surface area contributed by atoms with Crippen molar-refractivity contribution in [1.82, 2.24) is 5.32 Å². The van der Waals surface area contributed by atoms with Gasteiger partial charge in [0.2, 0.25) is 0 Å². The third kappa shape index (κ3) is 3.55. The third-order valence-electron chi connectivity index (χ3n) is 2.44. The van der Waals surface area contributed by atoms with E-state index in [-0.39, 0.29) is 23.6 Å². The Labute approximate surface area is 105 Å². The zero-order chi connectivity index (χ0) is 13.9. The second-order valence-corrected chi connectivity index (χ2v) is 5.02. The first-order valence-corrected chi connectivity index (χ1v) is 5.52. The second-order valence-electron chi connectivity index (χ2n) is 5.02. The van der Waals surface area contributed by atoms with Gasteiger partial charge in [0, 0.05) is 11.5 Å². The smallest absolute Gasteiger partial charge is 0.254 e. The molecule has 0 atom stereocenters. The van der Waals surface area contributed by atoms with Gasteiger partial charge in [-0.3, -0.25) is 9.59 Å². The van der Waals surface area contributed by atoms with E-state index in [9.17, 15) is 14.0 Å². The van der Waals surface area contributed by atoms with Crippen LogP contribution in [0.1, 0.15) is 31.1 Å². The Kier molecular flexibility index (Phi) is 4.06. The zero-order valence-electron chi connectivity index (χ0n) is 10.6. The monoisotopic (exact) mass is 253 g/mol. The summed E-state index contributed by atoms with van der Waals surface area (Å²) < 4.78 is 13.4. The highest BCUT2D eigenvalue weighted by Crippen LogP contribution is 2.16. The van der Waals surface area contributed by atoms with Crippen molar-refractivity contribution in [2.75, 3.05) is 6.54 Å². The molecule has 1 amide bonds. The number of halogens is 1. The maximum absolute atomic E-state index is 13.4. The van der Waals surface area contributed by atoms with Gasteiger partial charge in [0.15, 0.2) is 5.78 Å². The SMILES string of the molecule is CC(C)(C)C(=O)CNC(=O)c1ccc(O)cc1F. The molecule has 0 saturated heterocycles. The summed E-state index contributed by atoms with van der Waals surface area (Å²) in [5, 5.41) is 11.4. The number of phenolic OH excluding ortho intramolecular Hbond substituents is 1. The standard InChI is InChI=1S/C13H16FNO3/c1-13(2,3)11(17)7-15-12(18)9-5-4-8(16)6-10(9)14/h4-6,16H,7H2,1-3H3,(H,15,18). The number of hydrogen-bond donors (Lipinski definition) is 2. The first-order valence-electron chi connectivity index (χ1n) is 5.52. The predicted molar refractivity (Wildman–Crippen MR) is 64.9 cm³/mol. The fraction of sp³-hybridized carbons (Fsp3) is 0.385. The second kappa shape index (κ2) is 5.16. The first kappa shape index (κ1) is 14.2. The molecule has 0 unspecified atom stereocenters. The van der Waals surface area contributed by atoms with Gasteiger partial charge in [-0.1, -0.05) is 20.8 Å². The fourth-order valence-corrected chi connectivity index (χ4v) is 1.21. The van der Waals surface area contributed by atoms with E-state index in [1.54, 1.807) is 20.8 Å². The fourth-order valence-electron chi connectivity index (χ4n) is 1.21. The molecule has 0 aromatic heterocycles. The largest absolute Gasteiger partial charge is 0.508 e. The highest BCUT2D eigenvalue weighted by molar-refractivity contribution is 5.97. The summed E-state index contributed by atoms with van der Waals surface area (Å²) in [7, 11) is 0. The van der Waals surface area contributed by atoms with Crippen LogP contribution in [0.15, 0.2) is 18.2 Å². The van der Waals surface area contributed by atoms with Crippen LogP contribution in [0.3, 0.4) is 0 Å². The normalized spacial score (nSPS) is 11.1. The van der Waals surface area contributed by atoms with Gasteiger partial charge in [0.1, 0.15) is 11.6 Å². The Morgan fingerprint density at radius 3 is 2.44 bits per heavy atom. The van der Waals surface area contributed by atoms with Gasteiger partial charge in [-0.05, 0) is 12.1 Å². The zero-order valence-corrected chi connectivity index (χ0v) is 10.6. The number of Topliss-reactive ketones (excluding diaryl/α,β-unsaturated/α-hetero) is 1. The molecule has 0 aliphatic carbocycles. The molecule has 0 spiro atoms. The molecule has 4 nitrogen and oxygen atoms in total. The van der Waals surface area contributed by atoms with E-state index in [1.807, 2.05) is 0 Å². The van der Waals surface area contributed by atoms with Gasteiger partial charge in [0.05, 0.1) is 12.1 Å². The van der Waals surface area contributed by atoms with Crippen molar-refractivity contribution in [1.29, 1.82) is 0 Å². The van der Waals surface area contributed by atoms with E-state index in [1.165, 1.54) is 12.1 Å². The summed E-state index contributed by atoms with van der Waals surface area (Å²) in [5.74, 6) is -1.90. The third-order valence-corrected chi connectivity index (χ3v) is 2.44. The number of rotatable bonds is 3. The molecule has 1 rings (SSSR count). The number of carbonyl (C=O) groups excluding carboxylic acids is 2. The Morgan fingerprint density at radius 1 is 1.33 bits per heavy atom. The average Bonchev–Trinajstić information content (AvgIpc) is 2.24. The van der Waals surface area contributed by atoms with Crippen LogP contribution in [0.5, 0.6) is 5.75 Å². The maximum Gasteiger partial charge on any atom is 0.254 e. The molecule has 18 heavy (non-hydrogen) atoms. The molecular weight excluding hydrogens is 237 g/mol. The molecule has 0 fully saturated rings. The Balaban J connectivity index is 2.70. The van der Waals surface area contributed by atoms with Gasteiger partial charge in [-0.2, -0.15) is 0 Å². The lowest BCUT2D eigenvalue weighted by Crippen LogP contribution is -2.35. The predicted octanol–water partition coefficient (Wildman–Crippen LogP) is 1.88. The van der Waals surface area contributed by atoms with Crippen LogP contribution >= 0.6 is 0 Å². The van der Waals surface area contributed by atoms with Gasteiger partial charge in [-0.25, -0.2) is 4.39 Å². The maximum atomic E-state index is 13.4. The number of ketones is 1. The van der Waals surface area contributed by atoms with E-state index in [0.717, 1.165) is 6.07 Å². The van der Waals surface area contributed by atoms with Crippen molar-refractivity contribution >= 4 is 11.7 Å². The molecule has 0 heterocycles. The minimum absolute atomic E-state index is 0.143. The number of amides is 1. The quantitative estimate of drug-likeness (QED) is 0.864. The lowest BCUT2D eigenvalue weighted by Gasteiger charge is -2.16. The number of nitrogens with one attached hydrogen (secondary N) is 1. The van der Waals surface area contributed by atoms with Crippen molar-refractivity contribution in [3.63, 3.8) is 0 Å². The first-order chi connectivity index (χ1) is 8.21. The molecule has 0 aliphatic heterocycles. The molecule has 1 aromatic rings. The molecule has 0 bridgehead atoms. The van der Waals surface area contributed by atoms with Gasteiger partial charge < -0.3 is 10.4 Å². The van der Waals surface area contributed by atoms with E-state index in [4.69, 9.17) is 5.11 Å². The molecule has 98 valence electrons. The van der Waals surface area contributed by atoms with E-state index >= 15 is 0 Å². The highest BCUT2D eigenvalue weighted by Gasteiger charge is 2.22. The summed E-state index contributed by atoms with van der Waals surface area (Å²) in [5.41, 5.74) is -0.754. The summed E-state index contributed by atoms with van der Waals surface area (Å²) >= 11 is 0. The molecule has 0 radical (unpaired) electrons. The van der Waals surface area contributed by atoms with Crippen molar-refractivity contribution in [2.24, 2.45) is 5.41 Å². The molecular formula is C13H16FNO3. The van der Waals surface area contributed by atoms with Gasteiger partial charge in [-0.15, -0.1) is 0 Å². The van der Waals surface area contributed by atoms with Crippen molar-refractivity contribution in [3.05, 3.63) is 29.6 Å². The van der Waals surface area contributed by atoms with E-state index in [0.29, 0.717) is 0 Å². The molecule has 5 heteroatoms. The van der Waals surface area contributed by atoms with Crippen LogP contribution in [0.2, 0.25) is 0 Å². The molecule has 1 aromatic carbocycles. The molecule has 0 saturated carbocycles. The lowest BCUT2D eigenvalue weighted by atomic mass is 9.91. The highest BCUT2D eigenvalue weighted by atomic mass is 19.1. The van der Waals surface area contributed by atoms with Crippen LogP contribution in [0, 0.1) is 11.2 Å². The van der Waals surface area contributed by atoms with Crippen LogP contribution < -0.4 is 5.32 Å². The van der Waals surface area contributed by atoms with Crippen LogP contribution in [-0.4, -0.2) is 23.3 Å². The average molecular weight is 253 g/mol. The minimum atomic E-state index is -0.823. The van der Waals surface area contributed by atoms with Crippen molar-refractivity contribution in [2.45, 2.75) is 20.8 Å². The van der Waals surface area contributed by atoms with Crippen LogP contribution in [-0.2, 0) is 4.79 Å². The summed E-state index contributed by atoms with van der Waals surface area (Å²) in [6.07, 6.45) is 0. The Hall–Kier alpha value is -1.91. The number of carbonyl (C=O) groups is 2. The van der Waals surface area contributed by atoms with Crippen LogP contribution in [0.4, 0.5) is 4.39 Å². The number of hydrogen-bond acceptors (Lipinski definition) is 3. The van der Waals surface area contributed by atoms with E-state index in [2.05, 4.69) is 5.32 Å². The Bertz CT molecular complexity index is 478. The molecule has 0 aliphatic rings. The minimum Gasteiger partial charge on any atom is -0.508 e. The van der Waals surface area contributed by atoms with Crippen LogP contribution in [0.25, 0.3) is 0 Å². The Morgan fingerprint density at radius 2 is 1.94 bits per heavy atom. The summed E-state index contributed by atoms with van der Waals surface area (Å²) in [4.78, 5) is 23.2. The number of aromatic hydroxyl groups is 1. The van der Waals surface area contributed by atoms with Crippen molar-refractivity contribution < 1.29 is 19.1 Å². The van der Waals surface area contributed by atoms with E-state index < -0.39 is 17.1 Å². The number of phenols is 1. The van der Waals surface area contributed by atoms with Crippen molar-refractivity contribution in [3.8, 4) is 5.75 Å². The number of benzene rings is 1. The summed E-state index contributed by atoms with van der Waals surface area (Å²) in [6, 6.07) is 3.23. The summed E-state index contributed by atoms with van der Waals surface area (Å²) in [6.45, 7) is 5.07. The lowest BCUT2D eigenvalue weighted by molar-refractivity contribution is -0.125. The topological polar surface area (TPSA) is 66.4 Å².